The van der Waals surface area contributed by atoms with Crippen LogP contribution in [0.1, 0.15) is 41.6 Å². The number of halogens is 1. The van der Waals surface area contributed by atoms with Crippen LogP contribution in [0.3, 0.4) is 0 Å². The van der Waals surface area contributed by atoms with Gasteiger partial charge in [0.15, 0.2) is 11.5 Å². The third-order valence-corrected chi connectivity index (χ3v) is 6.59. The Morgan fingerprint density at radius 2 is 1.82 bits per heavy atom. The number of methoxy groups -OCH3 is 2. The second kappa shape index (κ2) is 11.0. The van der Waals surface area contributed by atoms with E-state index >= 15 is 0 Å². The predicted molar refractivity (Wildman–Crippen MR) is 124 cm³/mol. The summed E-state index contributed by atoms with van der Waals surface area (Å²) in [5.41, 5.74) is 1.67. The highest BCUT2D eigenvalue weighted by Crippen LogP contribution is 2.29. The molecule has 7 heteroatoms. The number of benzene rings is 2. The molecule has 33 heavy (non-hydrogen) atoms. The zero-order chi connectivity index (χ0) is 23.2. The van der Waals surface area contributed by atoms with E-state index in [1.54, 1.807) is 26.4 Å². The Kier molecular flexibility index (Phi) is 7.83. The molecule has 0 radical (unpaired) electrons. The Morgan fingerprint density at radius 1 is 1.09 bits per heavy atom. The van der Waals surface area contributed by atoms with Gasteiger partial charge in [-0.25, -0.2) is 4.39 Å². The first-order chi connectivity index (χ1) is 16.1. The summed E-state index contributed by atoms with van der Waals surface area (Å²) in [6.45, 7) is 3.52. The molecule has 1 heterocycles. The lowest BCUT2D eigenvalue weighted by Gasteiger charge is -2.38. The van der Waals surface area contributed by atoms with Gasteiger partial charge in [0.25, 0.3) is 5.91 Å². The van der Waals surface area contributed by atoms with Gasteiger partial charge >= 0.3 is 0 Å². The van der Waals surface area contributed by atoms with Gasteiger partial charge in [-0.2, -0.15) is 0 Å². The van der Waals surface area contributed by atoms with Gasteiger partial charge in [0, 0.05) is 37.8 Å². The van der Waals surface area contributed by atoms with Crippen molar-refractivity contribution in [2.45, 2.75) is 44.4 Å². The maximum Gasteiger partial charge on any atom is 0.254 e. The smallest absolute Gasteiger partial charge is 0.254 e. The minimum absolute atomic E-state index is 0.0393. The number of hydrogen-bond donors (Lipinski definition) is 0. The maximum absolute atomic E-state index is 13.4. The number of amides is 1. The van der Waals surface area contributed by atoms with Gasteiger partial charge in [0.05, 0.1) is 26.9 Å². The van der Waals surface area contributed by atoms with E-state index in [1.165, 1.54) is 12.1 Å². The van der Waals surface area contributed by atoms with E-state index in [0.29, 0.717) is 24.5 Å². The number of ether oxygens (including phenoxy) is 3. The van der Waals surface area contributed by atoms with Crippen LogP contribution >= 0.6 is 0 Å². The lowest BCUT2D eigenvalue weighted by molar-refractivity contribution is -0.0468. The van der Waals surface area contributed by atoms with Gasteiger partial charge in [0.1, 0.15) is 5.82 Å². The van der Waals surface area contributed by atoms with Crippen LogP contribution in [0.4, 0.5) is 4.39 Å². The molecule has 178 valence electrons. The summed E-state index contributed by atoms with van der Waals surface area (Å²) in [6.07, 6.45) is 4.22. The molecule has 1 aliphatic carbocycles. The molecule has 2 aromatic rings. The van der Waals surface area contributed by atoms with E-state index in [1.807, 2.05) is 17.0 Å². The molecule has 2 aliphatic rings. The molecule has 1 saturated heterocycles. The van der Waals surface area contributed by atoms with E-state index in [9.17, 15) is 9.18 Å². The van der Waals surface area contributed by atoms with Crippen LogP contribution in [0.15, 0.2) is 42.5 Å². The number of hydrogen-bond acceptors (Lipinski definition) is 5. The minimum Gasteiger partial charge on any atom is -0.493 e. The largest absolute Gasteiger partial charge is 0.493 e. The number of nitrogens with zero attached hydrogens (tertiary/aromatic N) is 2. The summed E-state index contributed by atoms with van der Waals surface area (Å²) >= 11 is 0. The van der Waals surface area contributed by atoms with E-state index in [2.05, 4.69) is 11.0 Å². The average Bonchev–Trinajstić information content (AvgIpc) is 3.37. The predicted octanol–water partition coefficient (Wildman–Crippen LogP) is 4.13. The van der Waals surface area contributed by atoms with Crippen molar-refractivity contribution in [3.63, 3.8) is 0 Å². The SMILES string of the molecule is COc1ccc(CN2CCO[C@@H](CN(C(=O)c3ccc(F)cc3)C3CCCC3)C2)cc1OC. The van der Waals surface area contributed by atoms with Crippen molar-refractivity contribution < 1.29 is 23.4 Å². The lowest BCUT2D eigenvalue weighted by atomic mass is 10.1. The topological polar surface area (TPSA) is 51.2 Å². The van der Waals surface area contributed by atoms with Crippen molar-refractivity contribution in [3.8, 4) is 11.5 Å². The van der Waals surface area contributed by atoms with Crippen molar-refractivity contribution in [2.24, 2.45) is 0 Å². The zero-order valence-corrected chi connectivity index (χ0v) is 19.5. The van der Waals surface area contributed by atoms with Gasteiger partial charge in [0.2, 0.25) is 0 Å². The molecule has 2 fully saturated rings. The average molecular weight is 457 g/mol. The summed E-state index contributed by atoms with van der Waals surface area (Å²) in [7, 11) is 3.27. The first-order valence-corrected chi connectivity index (χ1v) is 11.7. The van der Waals surface area contributed by atoms with Crippen molar-refractivity contribution in [1.29, 1.82) is 0 Å². The first-order valence-electron chi connectivity index (χ1n) is 11.7. The van der Waals surface area contributed by atoms with Crippen LogP contribution in [0.25, 0.3) is 0 Å². The standard InChI is InChI=1S/C26H33FN2O4/c1-31-24-12-7-19(15-25(24)32-2)16-28-13-14-33-23(17-28)18-29(22-5-3-4-6-22)26(30)20-8-10-21(27)11-9-20/h7-12,15,22-23H,3-6,13-14,16-18H2,1-2H3/t23-/m1/s1. The molecule has 6 nitrogen and oxygen atoms in total. The molecule has 1 atom stereocenters. The lowest BCUT2D eigenvalue weighted by Crippen LogP contribution is -2.50. The quantitative estimate of drug-likeness (QED) is 0.598. The molecule has 0 unspecified atom stereocenters. The van der Waals surface area contributed by atoms with Crippen LogP contribution in [0.5, 0.6) is 11.5 Å². The molecule has 1 amide bonds. The van der Waals surface area contributed by atoms with Crippen LogP contribution in [-0.2, 0) is 11.3 Å². The Labute approximate surface area is 195 Å². The fourth-order valence-electron chi connectivity index (χ4n) is 4.86. The zero-order valence-electron chi connectivity index (χ0n) is 19.5. The van der Waals surface area contributed by atoms with Gasteiger partial charge in [-0.3, -0.25) is 9.69 Å². The van der Waals surface area contributed by atoms with Crippen LogP contribution < -0.4 is 9.47 Å². The Balaban J connectivity index is 1.43. The van der Waals surface area contributed by atoms with Gasteiger partial charge in [-0.05, 0) is 54.8 Å². The Bertz CT molecular complexity index is 930. The normalized spacial score (nSPS) is 19.4. The highest BCUT2D eigenvalue weighted by Gasteiger charge is 2.31. The third-order valence-electron chi connectivity index (χ3n) is 6.59. The molecule has 0 aromatic heterocycles. The Morgan fingerprint density at radius 3 is 2.52 bits per heavy atom. The second-order valence-electron chi connectivity index (χ2n) is 8.82. The molecular weight excluding hydrogens is 423 g/mol. The molecule has 1 aliphatic heterocycles. The maximum atomic E-state index is 13.4. The molecule has 2 aromatic carbocycles. The second-order valence-corrected chi connectivity index (χ2v) is 8.82. The number of rotatable bonds is 8. The number of morpholine rings is 1. The summed E-state index contributed by atoms with van der Waals surface area (Å²) < 4.78 is 30.2. The van der Waals surface area contributed by atoms with Crippen molar-refractivity contribution >= 4 is 5.91 Å². The number of carbonyl (C=O) groups is 1. The first kappa shape index (κ1) is 23.5. The Hall–Kier alpha value is -2.64. The fraction of sp³-hybridized carbons (Fsp3) is 0.500. The van der Waals surface area contributed by atoms with Crippen LogP contribution in [0.2, 0.25) is 0 Å². The van der Waals surface area contributed by atoms with Crippen LogP contribution in [0, 0.1) is 5.82 Å². The molecule has 4 rings (SSSR count). The number of carbonyl (C=O) groups excluding carboxylic acids is 1. The van der Waals surface area contributed by atoms with Crippen molar-refractivity contribution in [2.75, 3.05) is 40.5 Å². The van der Waals surface area contributed by atoms with Crippen LogP contribution in [-0.4, -0.2) is 68.3 Å². The highest BCUT2D eigenvalue weighted by molar-refractivity contribution is 5.94. The molecule has 0 spiro atoms. The van der Waals surface area contributed by atoms with E-state index < -0.39 is 0 Å². The third kappa shape index (κ3) is 5.84. The molecule has 0 N–H and O–H groups in total. The minimum atomic E-state index is -0.333. The van der Waals surface area contributed by atoms with Gasteiger partial charge < -0.3 is 19.1 Å². The molecule has 0 bridgehead atoms. The highest BCUT2D eigenvalue weighted by atomic mass is 19.1. The van der Waals surface area contributed by atoms with E-state index in [4.69, 9.17) is 14.2 Å². The summed E-state index contributed by atoms with van der Waals surface area (Å²) in [5, 5.41) is 0. The summed E-state index contributed by atoms with van der Waals surface area (Å²) in [6, 6.07) is 12.0. The monoisotopic (exact) mass is 456 g/mol. The molecule has 1 saturated carbocycles. The van der Waals surface area contributed by atoms with Gasteiger partial charge in [-0.15, -0.1) is 0 Å². The summed E-state index contributed by atoms with van der Waals surface area (Å²) in [4.78, 5) is 17.6. The fourth-order valence-corrected chi connectivity index (χ4v) is 4.86. The van der Waals surface area contributed by atoms with E-state index in [0.717, 1.165) is 56.6 Å². The van der Waals surface area contributed by atoms with Crippen molar-refractivity contribution in [3.05, 3.63) is 59.4 Å². The van der Waals surface area contributed by atoms with Crippen molar-refractivity contribution in [1.82, 2.24) is 9.80 Å². The van der Waals surface area contributed by atoms with E-state index in [-0.39, 0.29) is 23.9 Å². The van der Waals surface area contributed by atoms with Gasteiger partial charge in [-0.1, -0.05) is 18.9 Å². The summed E-state index contributed by atoms with van der Waals surface area (Å²) in [5.74, 6) is 1.06. The molecular formula is C26H33FN2O4.